The number of carbonyl (C=O) groups is 4. The molecular weight excluding hydrogens is 890 g/mol. The molecule has 0 radical (unpaired) electrons. The maximum atomic E-state index is 12.8. The highest BCUT2D eigenvalue weighted by atomic mass is 127. The van der Waals surface area contributed by atoms with Crippen LogP contribution in [0, 0.1) is 6.92 Å². The fraction of sp³-hybridized carbons (Fsp3) is 0.400. The summed E-state index contributed by atoms with van der Waals surface area (Å²) < 4.78 is 9.89. The van der Waals surface area contributed by atoms with Crippen molar-refractivity contribution in [3.63, 3.8) is 0 Å². The lowest BCUT2D eigenvalue weighted by Gasteiger charge is -2.07. The standard InChI is InChI=1S/C35H40I2N4O6S2/c1-18-22(7-9-32(42)46-5)29(38-26(18)15-28-20(3)25(12-14-49-37)35(45)40-28)17-30-23(8-10-33(43)47-6)19(2)27(39-30)16-31-24(11-13-48-36)21(4)34(44)41-31/h15-17,38H,7-14H2,1-6H3,(H,40,45)(H,41,44)/b28-15-,30-17-,31-16-. The van der Waals surface area contributed by atoms with Crippen LogP contribution in [0.25, 0.3) is 12.2 Å². The zero-order chi connectivity index (χ0) is 35.8. The van der Waals surface area contributed by atoms with Crippen LogP contribution in [-0.4, -0.2) is 60.2 Å². The molecule has 0 unspecified atom stereocenters. The molecule has 14 heteroatoms. The van der Waals surface area contributed by atoms with Gasteiger partial charge >= 0.3 is 11.9 Å². The molecule has 3 aliphatic heterocycles. The van der Waals surface area contributed by atoms with E-state index in [2.05, 4.69) is 58.0 Å². The van der Waals surface area contributed by atoms with Gasteiger partial charge < -0.3 is 25.1 Å². The summed E-state index contributed by atoms with van der Waals surface area (Å²) in [7, 11) is 6.10. The van der Waals surface area contributed by atoms with E-state index < -0.39 is 0 Å². The normalized spacial score (nSPS) is 18.8. The number of carbonyl (C=O) groups excluding carboxylic acids is 4. The van der Waals surface area contributed by atoms with Gasteiger partial charge in [0, 0.05) is 58.3 Å². The number of methoxy groups -OCH3 is 2. The summed E-state index contributed by atoms with van der Waals surface area (Å²) >= 11 is 4.49. The molecule has 4 rings (SSSR count). The number of hydrogen-bond donors (Lipinski definition) is 3. The zero-order valence-corrected chi connectivity index (χ0v) is 34.3. The lowest BCUT2D eigenvalue weighted by atomic mass is 9.98. The van der Waals surface area contributed by atoms with E-state index in [1.165, 1.54) is 14.2 Å². The maximum absolute atomic E-state index is 12.8. The highest BCUT2D eigenvalue weighted by Crippen LogP contribution is 2.36. The van der Waals surface area contributed by atoms with E-state index in [0.717, 1.165) is 79.7 Å². The van der Waals surface area contributed by atoms with Crippen molar-refractivity contribution >= 4 is 102 Å². The van der Waals surface area contributed by atoms with Gasteiger partial charge in [-0.3, -0.25) is 19.2 Å². The van der Waals surface area contributed by atoms with Crippen molar-refractivity contribution < 1.29 is 28.7 Å². The number of amides is 2. The van der Waals surface area contributed by atoms with Gasteiger partial charge in [-0.1, -0.05) is 17.9 Å². The first-order chi connectivity index (χ1) is 23.4. The Kier molecular flexibility index (Phi) is 14.5. The Labute approximate surface area is 319 Å². The Hall–Kier alpha value is -2.57. The van der Waals surface area contributed by atoms with Crippen molar-refractivity contribution in [1.29, 1.82) is 0 Å². The van der Waals surface area contributed by atoms with Crippen LogP contribution in [0.2, 0.25) is 0 Å². The fourth-order valence-electron chi connectivity index (χ4n) is 5.97. The molecule has 0 saturated carbocycles. The maximum Gasteiger partial charge on any atom is 0.305 e. The predicted molar refractivity (Wildman–Crippen MR) is 215 cm³/mol. The second kappa shape index (κ2) is 18.1. The summed E-state index contributed by atoms with van der Waals surface area (Å²) in [4.78, 5) is 58.4. The molecule has 0 spiro atoms. The number of H-pyrrole nitrogens is 1. The molecule has 1 aromatic heterocycles. The van der Waals surface area contributed by atoms with E-state index >= 15 is 0 Å². The van der Waals surface area contributed by atoms with E-state index in [1.54, 1.807) is 17.9 Å². The topological polar surface area (TPSA) is 139 Å². The van der Waals surface area contributed by atoms with Crippen LogP contribution in [0.1, 0.15) is 75.4 Å². The van der Waals surface area contributed by atoms with Crippen LogP contribution in [0.15, 0.2) is 61.6 Å². The summed E-state index contributed by atoms with van der Waals surface area (Å²) in [6.45, 7) is 7.75. The van der Waals surface area contributed by atoms with E-state index in [9.17, 15) is 19.2 Å². The van der Waals surface area contributed by atoms with E-state index in [4.69, 9.17) is 14.5 Å². The van der Waals surface area contributed by atoms with Crippen LogP contribution >= 0.6 is 60.3 Å². The number of aromatic nitrogens is 1. The van der Waals surface area contributed by atoms with Gasteiger partial charge in [-0.05, 0) is 147 Å². The number of ether oxygens (including phenoxy) is 2. The molecule has 3 N–H and O–H groups in total. The lowest BCUT2D eigenvalue weighted by Crippen LogP contribution is -2.16. The molecule has 49 heavy (non-hydrogen) atoms. The van der Waals surface area contributed by atoms with Crippen LogP contribution in [0.4, 0.5) is 0 Å². The molecule has 262 valence electrons. The molecule has 0 saturated heterocycles. The van der Waals surface area contributed by atoms with Crippen molar-refractivity contribution in [2.45, 2.75) is 66.2 Å². The largest absolute Gasteiger partial charge is 0.469 e. The highest BCUT2D eigenvalue weighted by Gasteiger charge is 2.28. The van der Waals surface area contributed by atoms with E-state index in [-0.39, 0.29) is 36.6 Å². The molecular formula is C35H40I2N4O6S2. The van der Waals surface area contributed by atoms with Crippen molar-refractivity contribution in [1.82, 2.24) is 15.6 Å². The van der Waals surface area contributed by atoms with Crippen molar-refractivity contribution in [2.75, 3.05) is 25.7 Å². The van der Waals surface area contributed by atoms with Gasteiger partial charge in [0.2, 0.25) is 0 Å². The first kappa shape index (κ1) is 39.2. The second-order valence-electron chi connectivity index (χ2n) is 11.7. The number of nitrogens with one attached hydrogen (secondary N) is 3. The van der Waals surface area contributed by atoms with Crippen molar-refractivity contribution in [2.24, 2.45) is 4.99 Å². The average Bonchev–Trinajstić information content (AvgIpc) is 3.73. The number of rotatable bonds is 15. The van der Waals surface area contributed by atoms with Crippen LogP contribution in [-0.2, 0) is 35.1 Å². The Morgan fingerprint density at radius 1 is 0.714 bits per heavy atom. The van der Waals surface area contributed by atoms with Crippen molar-refractivity contribution in [3.8, 4) is 0 Å². The van der Waals surface area contributed by atoms with Gasteiger partial charge in [-0.15, -0.1) is 0 Å². The minimum Gasteiger partial charge on any atom is -0.469 e. The molecule has 4 heterocycles. The van der Waals surface area contributed by atoms with Gasteiger partial charge in [-0.25, -0.2) is 4.99 Å². The third-order valence-corrected chi connectivity index (χ3v) is 12.3. The number of esters is 2. The zero-order valence-electron chi connectivity index (χ0n) is 28.4. The number of nitrogens with zero attached hydrogens (tertiary/aromatic N) is 1. The molecule has 0 atom stereocenters. The molecule has 0 aromatic carbocycles. The Balaban J connectivity index is 1.82. The third-order valence-electron chi connectivity index (χ3n) is 8.91. The Morgan fingerprint density at radius 3 is 1.96 bits per heavy atom. The minimum absolute atomic E-state index is 0.0795. The van der Waals surface area contributed by atoms with Gasteiger partial charge in [0.25, 0.3) is 11.8 Å². The summed E-state index contributed by atoms with van der Waals surface area (Å²) in [5.74, 6) is 0.876. The second-order valence-corrected chi connectivity index (χ2v) is 16.7. The van der Waals surface area contributed by atoms with E-state index in [0.29, 0.717) is 36.2 Å². The number of aliphatic imine (C=N–C) groups is 1. The van der Waals surface area contributed by atoms with Gasteiger partial charge in [0.15, 0.2) is 0 Å². The quantitative estimate of drug-likeness (QED) is 0.121. The summed E-state index contributed by atoms with van der Waals surface area (Å²) in [5.41, 5.74) is 11.4. The van der Waals surface area contributed by atoms with Gasteiger partial charge in [0.05, 0.1) is 25.6 Å². The Bertz CT molecular complexity index is 1780. The van der Waals surface area contributed by atoms with E-state index in [1.807, 2.05) is 45.9 Å². The van der Waals surface area contributed by atoms with Crippen LogP contribution in [0.5, 0.6) is 0 Å². The predicted octanol–water partition coefficient (Wildman–Crippen LogP) is 7.56. The SMILES string of the molecule is COC(=O)CCC1=C(C)C(/C=C2\NC(=O)C(C)=C2CCSI)=NC/1=C\c1[nH]c(/C=C2\NC(=O)C(CCSI)=C2C)c(C)c1CCC(=O)OC. The van der Waals surface area contributed by atoms with Gasteiger partial charge in [0.1, 0.15) is 0 Å². The third kappa shape index (κ3) is 9.41. The van der Waals surface area contributed by atoms with Gasteiger partial charge in [-0.2, -0.15) is 0 Å². The lowest BCUT2D eigenvalue weighted by molar-refractivity contribution is -0.141. The first-order valence-corrected chi connectivity index (χ1v) is 22.8. The van der Waals surface area contributed by atoms with Crippen LogP contribution in [0.3, 0.4) is 0 Å². The Morgan fingerprint density at radius 2 is 1.33 bits per heavy atom. The summed E-state index contributed by atoms with van der Waals surface area (Å²) in [6.07, 6.45) is 8.42. The van der Waals surface area contributed by atoms with Crippen LogP contribution < -0.4 is 10.6 Å². The monoisotopic (exact) mass is 930 g/mol. The molecule has 0 bridgehead atoms. The summed E-state index contributed by atoms with van der Waals surface area (Å²) in [5, 5.41) is 6.02. The first-order valence-electron chi connectivity index (χ1n) is 15.7. The fourth-order valence-corrected chi connectivity index (χ4v) is 7.86. The smallest absolute Gasteiger partial charge is 0.305 e. The minimum atomic E-state index is -0.325. The number of allylic oxidation sites excluding steroid dienone is 5. The molecule has 3 aliphatic rings. The molecule has 0 aliphatic carbocycles. The molecule has 2 amide bonds. The molecule has 0 fully saturated rings. The molecule has 1 aromatic rings. The number of hydrogen-bond acceptors (Lipinski definition) is 9. The summed E-state index contributed by atoms with van der Waals surface area (Å²) in [6, 6.07) is 0. The van der Waals surface area contributed by atoms with Crippen molar-refractivity contribution in [3.05, 3.63) is 79.1 Å². The number of halogens is 2. The molecule has 10 nitrogen and oxygen atoms in total. The average molecular weight is 931 g/mol. The highest BCUT2D eigenvalue weighted by molar-refractivity contribution is 14.2. The number of aromatic amines is 1.